The third-order valence-corrected chi connectivity index (χ3v) is 3.21. The third kappa shape index (κ3) is 1.18. The Kier molecular flexibility index (Phi) is 1.74. The Morgan fingerprint density at radius 2 is 2.23 bits per heavy atom. The molecule has 1 aromatic rings. The lowest BCUT2D eigenvalue weighted by Crippen LogP contribution is -2.23. The standard InChI is InChI=1S/C10H16N2O/c1-7-6-9(11-12(7)3)10(4-5-10)8(2)13/h6,8,13H,4-5H2,1-3H3. The van der Waals surface area contributed by atoms with Crippen LogP contribution in [0.5, 0.6) is 0 Å². The molecule has 3 heteroatoms. The molecule has 2 rings (SSSR count). The summed E-state index contributed by atoms with van der Waals surface area (Å²) in [5.41, 5.74) is 2.19. The molecule has 1 aliphatic carbocycles. The largest absolute Gasteiger partial charge is 0.392 e. The first-order valence-electron chi connectivity index (χ1n) is 4.75. The SMILES string of the molecule is Cc1cc(C2(C(C)O)CC2)nn1C. The van der Waals surface area contributed by atoms with Crippen LogP contribution in [-0.2, 0) is 12.5 Å². The van der Waals surface area contributed by atoms with E-state index in [4.69, 9.17) is 0 Å². The Morgan fingerprint density at radius 1 is 1.62 bits per heavy atom. The highest BCUT2D eigenvalue weighted by molar-refractivity contribution is 5.27. The Labute approximate surface area is 78.4 Å². The topological polar surface area (TPSA) is 38.1 Å². The predicted octanol–water partition coefficient (Wildman–Crippen LogP) is 1.14. The minimum absolute atomic E-state index is 0.0218. The Morgan fingerprint density at radius 3 is 2.54 bits per heavy atom. The number of hydrogen-bond acceptors (Lipinski definition) is 2. The van der Waals surface area contributed by atoms with Gasteiger partial charge in [-0.3, -0.25) is 4.68 Å². The fraction of sp³-hybridized carbons (Fsp3) is 0.700. The number of nitrogens with zero attached hydrogens (tertiary/aromatic N) is 2. The highest BCUT2D eigenvalue weighted by Gasteiger charge is 2.50. The summed E-state index contributed by atoms with van der Waals surface area (Å²) in [4.78, 5) is 0. The van der Waals surface area contributed by atoms with Crippen molar-refractivity contribution in [1.82, 2.24) is 9.78 Å². The van der Waals surface area contributed by atoms with E-state index in [9.17, 15) is 5.11 Å². The van der Waals surface area contributed by atoms with Gasteiger partial charge in [0.2, 0.25) is 0 Å². The van der Waals surface area contributed by atoms with Crippen LogP contribution in [0.15, 0.2) is 6.07 Å². The fourth-order valence-electron chi connectivity index (χ4n) is 1.83. The molecule has 0 bridgehead atoms. The van der Waals surface area contributed by atoms with Gasteiger partial charge in [0.05, 0.1) is 11.8 Å². The third-order valence-electron chi connectivity index (χ3n) is 3.21. The van der Waals surface area contributed by atoms with Crippen molar-refractivity contribution in [1.29, 1.82) is 0 Å². The van der Waals surface area contributed by atoms with Gasteiger partial charge in [0.25, 0.3) is 0 Å². The second-order valence-corrected chi connectivity index (χ2v) is 4.13. The molecule has 1 fully saturated rings. The van der Waals surface area contributed by atoms with Crippen molar-refractivity contribution in [2.24, 2.45) is 7.05 Å². The van der Waals surface area contributed by atoms with Gasteiger partial charge in [0, 0.05) is 18.2 Å². The zero-order valence-electron chi connectivity index (χ0n) is 8.41. The van der Waals surface area contributed by atoms with E-state index in [1.165, 1.54) is 0 Å². The van der Waals surface area contributed by atoms with Crippen LogP contribution in [-0.4, -0.2) is 21.0 Å². The summed E-state index contributed by atoms with van der Waals surface area (Å²) in [6, 6.07) is 2.08. The molecule has 1 aromatic heterocycles. The molecule has 0 aromatic carbocycles. The lowest BCUT2D eigenvalue weighted by Gasteiger charge is -2.15. The number of aryl methyl sites for hydroxylation is 2. The van der Waals surface area contributed by atoms with Gasteiger partial charge in [-0.2, -0.15) is 5.10 Å². The molecule has 1 unspecified atom stereocenters. The van der Waals surface area contributed by atoms with Crippen molar-refractivity contribution in [2.45, 2.75) is 38.2 Å². The van der Waals surface area contributed by atoms with Crippen LogP contribution in [0.4, 0.5) is 0 Å². The summed E-state index contributed by atoms with van der Waals surface area (Å²) in [5, 5.41) is 14.1. The van der Waals surface area contributed by atoms with E-state index >= 15 is 0 Å². The van der Waals surface area contributed by atoms with Gasteiger partial charge >= 0.3 is 0 Å². The number of aromatic nitrogens is 2. The molecule has 1 atom stereocenters. The lowest BCUT2D eigenvalue weighted by molar-refractivity contribution is 0.148. The first-order valence-corrected chi connectivity index (χ1v) is 4.75. The highest BCUT2D eigenvalue weighted by atomic mass is 16.3. The molecule has 0 amide bonds. The van der Waals surface area contributed by atoms with E-state index < -0.39 is 0 Å². The average Bonchev–Trinajstić information content (AvgIpc) is 2.77. The van der Waals surface area contributed by atoms with Gasteiger partial charge in [-0.25, -0.2) is 0 Å². The summed E-state index contributed by atoms with van der Waals surface area (Å²) >= 11 is 0. The first kappa shape index (κ1) is 8.75. The molecule has 1 heterocycles. The van der Waals surface area contributed by atoms with Crippen molar-refractivity contribution in [3.05, 3.63) is 17.5 Å². The quantitative estimate of drug-likeness (QED) is 0.741. The Bertz CT molecular complexity index is 304. The van der Waals surface area contributed by atoms with Gasteiger partial charge in [-0.15, -0.1) is 0 Å². The zero-order valence-corrected chi connectivity index (χ0v) is 8.41. The molecule has 0 aliphatic heterocycles. The summed E-state index contributed by atoms with van der Waals surface area (Å²) in [7, 11) is 1.94. The van der Waals surface area contributed by atoms with Crippen LogP contribution in [0.1, 0.15) is 31.2 Å². The molecule has 0 spiro atoms. The summed E-state index contributed by atoms with van der Waals surface area (Å²) in [6.07, 6.45) is 1.86. The van der Waals surface area contributed by atoms with Gasteiger partial charge < -0.3 is 5.11 Å². The molecule has 0 radical (unpaired) electrons. The molecular weight excluding hydrogens is 164 g/mol. The van der Waals surface area contributed by atoms with Crippen LogP contribution in [0.3, 0.4) is 0 Å². The second kappa shape index (κ2) is 2.58. The number of rotatable bonds is 2. The van der Waals surface area contributed by atoms with E-state index in [1.807, 2.05) is 25.6 Å². The maximum atomic E-state index is 9.65. The van der Waals surface area contributed by atoms with Gasteiger partial charge in [0.15, 0.2) is 0 Å². The first-order chi connectivity index (χ1) is 6.06. The Balaban J connectivity index is 2.36. The number of aliphatic hydroxyl groups is 1. The zero-order chi connectivity index (χ0) is 9.64. The minimum Gasteiger partial charge on any atom is -0.392 e. The molecule has 72 valence electrons. The van der Waals surface area contributed by atoms with Crippen molar-refractivity contribution in [2.75, 3.05) is 0 Å². The van der Waals surface area contributed by atoms with Crippen LogP contribution < -0.4 is 0 Å². The van der Waals surface area contributed by atoms with E-state index in [0.29, 0.717) is 0 Å². The molecule has 1 N–H and O–H groups in total. The Hall–Kier alpha value is -0.830. The summed E-state index contributed by atoms with van der Waals surface area (Å²) in [5.74, 6) is 0. The monoisotopic (exact) mass is 180 g/mol. The smallest absolute Gasteiger partial charge is 0.0714 e. The molecule has 3 nitrogen and oxygen atoms in total. The van der Waals surface area contributed by atoms with Gasteiger partial charge in [-0.1, -0.05) is 0 Å². The highest BCUT2D eigenvalue weighted by Crippen LogP contribution is 2.50. The van der Waals surface area contributed by atoms with Crippen LogP contribution in [0.2, 0.25) is 0 Å². The summed E-state index contributed by atoms with van der Waals surface area (Å²) < 4.78 is 1.87. The summed E-state index contributed by atoms with van der Waals surface area (Å²) in [6.45, 7) is 3.89. The molecule has 1 saturated carbocycles. The normalized spacial score (nSPS) is 21.5. The van der Waals surface area contributed by atoms with Crippen LogP contribution in [0.25, 0.3) is 0 Å². The van der Waals surface area contributed by atoms with Crippen molar-refractivity contribution in [3.63, 3.8) is 0 Å². The maximum Gasteiger partial charge on any atom is 0.0714 e. The van der Waals surface area contributed by atoms with Gasteiger partial charge in [-0.05, 0) is 32.8 Å². The fourth-order valence-corrected chi connectivity index (χ4v) is 1.83. The lowest BCUT2D eigenvalue weighted by atomic mass is 9.96. The average molecular weight is 180 g/mol. The molecule has 13 heavy (non-hydrogen) atoms. The maximum absolute atomic E-state index is 9.65. The number of hydrogen-bond donors (Lipinski definition) is 1. The van der Waals surface area contributed by atoms with Crippen molar-refractivity contribution < 1.29 is 5.11 Å². The van der Waals surface area contributed by atoms with Crippen molar-refractivity contribution >= 4 is 0 Å². The van der Waals surface area contributed by atoms with E-state index in [1.54, 1.807) is 0 Å². The van der Waals surface area contributed by atoms with E-state index in [0.717, 1.165) is 24.2 Å². The predicted molar refractivity (Wildman–Crippen MR) is 50.5 cm³/mol. The van der Waals surface area contributed by atoms with Crippen LogP contribution in [0, 0.1) is 6.92 Å². The van der Waals surface area contributed by atoms with E-state index in [2.05, 4.69) is 11.2 Å². The minimum atomic E-state index is -0.276. The van der Waals surface area contributed by atoms with Crippen LogP contribution >= 0.6 is 0 Å². The van der Waals surface area contributed by atoms with E-state index in [-0.39, 0.29) is 11.5 Å². The van der Waals surface area contributed by atoms with Gasteiger partial charge in [0.1, 0.15) is 0 Å². The number of aliphatic hydroxyl groups excluding tert-OH is 1. The van der Waals surface area contributed by atoms with Crippen molar-refractivity contribution in [3.8, 4) is 0 Å². The molecule has 1 aliphatic rings. The molecular formula is C10H16N2O. The molecule has 0 saturated heterocycles. The second-order valence-electron chi connectivity index (χ2n) is 4.13.